The summed E-state index contributed by atoms with van der Waals surface area (Å²) in [7, 11) is 0. The van der Waals surface area contributed by atoms with Gasteiger partial charge in [-0.15, -0.1) is 0 Å². The number of para-hydroxylation sites is 2. The molecule has 0 aromatic heterocycles. The van der Waals surface area contributed by atoms with Gasteiger partial charge < -0.3 is 9.80 Å². The predicted molar refractivity (Wildman–Crippen MR) is 342 cm³/mol. The third-order valence-corrected chi connectivity index (χ3v) is 19.8. The summed E-state index contributed by atoms with van der Waals surface area (Å²) < 4.78 is 0. The second-order valence-corrected chi connectivity index (χ2v) is 24.8. The van der Waals surface area contributed by atoms with E-state index < -0.39 is 5.41 Å². The van der Waals surface area contributed by atoms with E-state index in [1.807, 2.05) is 0 Å². The lowest BCUT2D eigenvalue weighted by molar-refractivity contribution is 0.137. The zero-order valence-electron chi connectivity index (χ0n) is 46.9. The highest BCUT2D eigenvalue weighted by Crippen LogP contribution is 2.65. The van der Waals surface area contributed by atoms with Crippen LogP contribution in [0, 0.1) is 17.8 Å². The van der Waals surface area contributed by atoms with Crippen LogP contribution < -0.4 is 9.80 Å². The molecule has 2 saturated carbocycles. The average Bonchev–Trinajstić information content (AvgIpc) is 3.30. The normalized spacial score (nSPS) is 19.1. The number of anilines is 6. The van der Waals surface area contributed by atoms with Gasteiger partial charge in [0.25, 0.3) is 0 Å². The molecule has 5 aliphatic rings. The number of fused-ring (bicyclic) bond motifs is 15. The molecule has 396 valence electrons. The lowest BCUT2D eigenvalue weighted by atomic mass is 9.67. The molecule has 1 spiro atoms. The van der Waals surface area contributed by atoms with Crippen LogP contribution in [0.15, 0.2) is 261 Å². The maximum Gasteiger partial charge on any atom is 0.0727 e. The third-order valence-electron chi connectivity index (χ3n) is 19.8. The maximum absolute atomic E-state index is 2.61. The van der Waals surface area contributed by atoms with Crippen molar-refractivity contribution >= 4 is 34.1 Å². The highest BCUT2D eigenvalue weighted by molar-refractivity contribution is 6.02. The van der Waals surface area contributed by atoms with Crippen molar-refractivity contribution in [1.29, 1.82) is 0 Å². The van der Waals surface area contributed by atoms with Crippen LogP contribution in [0.2, 0.25) is 0 Å². The van der Waals surface area contributed by atoms with Gasteiger partial charge in [0.05, 0.1) is 11.1 Å². The summed E-state index contributed by atoms with van der Waals surface area (Å²) in [6.07, 6.45) is 9.69. The summed E-state index contributed by atoms with van der Waals surface area (Å²) in [6.45, 7) is 4.74. The fraction of sp³-hybridized carbons (Fsp3) is 0.175. The van der Waals surface area contributed by atoms with Crippen LogP contribution in [0.1, 0.15) is 91.3 Å². The Balaban J connectivity index is 0.932. The Hall–Kier alpha value is -8.98. The van der Waals surface area contributed by atoms with Crippen LogP contribution in [-0.2, 0) is 17.3 Å². The SMILES string of the molecule is CC1(C)c2ccccc2-c2cc(N(c3ccccc3)c3ccc4c(c3)C3(c5ccccc5-4)c4ccc(-c5ccccc5)cc4-c4cc(-c5ccccc5)c(N(c5ccccc5)c5ccc(CC6CC7CCCC(C7)C6)cc5)cc43)ccc21. The smallest absolute Gasteiger partial charge is 0.0727 e. The summed E-state index contributed by atoms with van der Waals surface area (Å²) in [5.74, 6) is 2.62. The predicted octanol–water partition coefficient (Wildman–Crippen LogP) is 21.4. The fourth-order valence-electron chi connectivity index (χ4n) is 16.2. The van der Waals surface area contributed by atoms with E-state index in [-0.39, 0.29) is 5.41 Å². The topological polar surface area (TPSA) is 6.48 Å². The van der Waals surface area contributed by atoms with E-state index in [2.05, 4.69) is 285 Å². The summed E-state index contributed by atoms with van der Waals surface area (Å²) >= 11 is 0. The monoisotopic (exact) mass is 1050 g/mol. The van der Waals surface area contributed by atoms with Gasteiger partial charge in [-0.3, -0.25) is 0 Å². The molecule has 2 fully saturated rings. The Morgan fingerprint density at radius 2 is 0.817 bits per heavy atom. The summed E-state index contributed by atoms with van der Waals surface area (Å²) in [5, 5.41) is 0. The molecular weight excluding hydrogens is 989 g/mol. The fourth-order valence-corrected chi connectivity index (χ4v) is 16.2. The molecule has 0 heterocycles. The molecule has 0 amide bonds. The van der Waals surface area contributed by atoms with E-state index in [0.29, 0.717) is 0 Å². The lowest BCUT2D eigenvalue weighted by Crippen LogP contribution is -2.27. The van der Waals surface area contributed by atoms with Crippen LogP contribution in [0.25, 0.3) is 55.6 Å². The second-order valence-electron chi connectivity index (χ2n) is 24.8. The Bertz CT molecular complexity index is 4220. The average molecular weight is 1060 g/mol. The van der Waals surface area contributed by atoms with E-state index in [0.717, 1.165) is 51.9 Å². The van der Waals surface area contributed by atoms with Gasteiger partial charge >= 0.3 is 0 Å². The number of benzene rings is 11. The first-order valence-electron chi connectivity index (χ1n) is 30.1. The number of hydrogen-bond acceptors (Lipinski definition) is 2. The molecule has 11 aromatic rings. The first-order valence-corrected chi connectivity index (χ1v) is 30.1. The van der Waals surface area contributed by atoms with E-state index in [1.165, 1.54) is 140 Å². The summed E-state index contributed by atoms with van der Waals surface area (Å²) in [4.78, 5) is 5.04. The van der Waals surface area contributed by atoms with Gasteiger partial charge in [0.2, 0.25) is 0 Å². The molecule has 0 aliphatic heterocycles. The minimum Gasteiger partial charge on any atom is -0.310 e. The third kappa shape index (κ3) is 7.75. The highest BCUT2D eigenvalue weighted by atomic mass is 15.1. The lowest BCUT2D eigenvalue weighted by Gasteiger charge is -2.39. The minimum atomic E-state index is -0.667. The molecule has 3 unspecified atom stereocenters. The van der Waals surface area contributed by atoms with E-state index in [4.69, 9.17) is 0 Å². The number of rotatable bonds is 10. The van der Waals surface area contributed by atoms with E-state index in [9.17, 15) is 0 Å². The van der Waals surface area contributed by atoms with Crippen molar-refractivity contribution < 1.29 is 0 Å². The van der Waals surface area contributed by atoms with Crippen molar-refractivity contribution in [3.63, 3.8) is 0 Å². The zero-order chi connectivity index (χ0) is 54.5. The molecule has 2 heteroatoms. The van der Waals surface area contributed by atoms with Crippen molar-refractivity contribution in [2.24, 2.45) is 17.8 Å². The molecule has 5 aliphatic carbocycles. The van der Waals surface area contributed by atoms with Crippen LogP contribution in [-0.4, -0.2) is 0 Å². The zero-order valence-corrected chi connectivity index (χ0v) is 46.9. The molecule has 16 rings (SSSR count). The van der Waals surface area contributed by atoms with Crippen molar-refractivity contribution in [2.45, 2.75) is 69.6 Å². The van der Waals surface area contributed by atoms with Gasteiger partial charge in [0.1, 0.15) is 0 Å². The molecule has 0 radical (unpaired) electrons. The van der Waals surface area contributed by atoms with Gasteiger partial charge in [0.15, 0.2) is 0 Å². The Labute approximate surface area is 484 Å². The van der Waals surface area contributed by atoms with E-state index in [1.54, 1.807) is 0 Å². The number of nitrogens with zero attached hydrogens (tertiary/aromatic N) is 2. The minimum absolute atomic E-state index is 0.0933. The second kappa shape index (κ2) is 19.3. The molecule has 11 aromatic carbocycles. The van der Waals surface area contributed by atoms with Gasteiger partial charge in [-0.2, -0.15) is 0 Å². The Morgan fingerprint density at radius 3 is 1.52 bits per heavy atom. The molecule has 3 atom stereocenters. The quantitative estimate of drug-likeness (QED) is 0.135. The van der Waals surface area contributed by atoms with Crippen molar-refractivity contribution in [2.75, 3.05) is 9.80 Å². The van der Waals surface area contributed by atoms with Crippen LogP contribution >= 0.6 is 0 Å². The van der Waals surface area contributed by atoms with Crippen LogP contribution in [0.3, 0.4) is 0 Å². The molecule has 0 saturated heterocycles. The standard InChI is InChI=1S/C80H66N2/c1-79(2)72-32-17-15-31-66(72)70-49-63(40-43-73(70)79)81(60-26-11-5-12-27-60)64-39-41-67-65-30-16-18-33-74(65)80(76(67)50-64)75-42-36-59(57-22-7-3-8-23-57)48-69(75)71-51-68(58-24-9-4-10-25-58)78(52-77(71)80)82(61-28-13-6-14-29-61)62-37-34-53(35-38-62)44-56-46-54-20-19-21-55(45-54)47-56/h3-18,22-43,48-52,54-56H,19-21,44-47H2,1-2H3. The maximum atomic E-state index is 2.61. The van der Waals surface area contributed by atoms with Crippen molar-refractivity contribution in [3.05, 3.63) is 300 Å². The van der Waals surface area contributed by atoms with E-state index >= 15 is 0 Å². The molecule has 0 N–H and O–H groups in total. The van der Waals surface area contributed by atoms with Crippen LogP contribution in [0.4, 0.5) is 34.1 Å². The van der Waals surface area contributed by atoms with Gasteiger partial charge in [-0.1, -0.05) is 215 Å². The van der Waals surface area contributed by atoms with Crippen molar-refractivity contribution in [1.82, 2.24) is 0 Å². The first-order chi connectivity index (χ1) is 40.4. The summed E-state index contributed by atoms with van der Waals surface area (Å²) in [6, 6.07) is 99.2. The number of hydrogen-bond donors (Lipinski definition) is 0. The largest absolute Gasteiger partial charge is 0.310 e. The van der Waals surface area contributed by atoms with Crippen molar-refractivity contribution in [3.8, 4) is 55.6 Å². The Morgan fingerprint density at radius 1 is 0.329 bits per heavy atom. The highest BCUT2D eigenvalue weighted by Gasteiger charge is 2.53. The summed E-state index contributed by atoms with van der Waals surface area (Å²) in [5.41, 5.74) is 28.1. The van der Waals surface area contributed by atoms with Gasteiger partial charge in [0, 0.05) is 39.4 Å². The van der Waals surface area contributed by atoms with Gasteiger partial charge in [-0.05, 0) is 211 Å². The Kier molecular flexibility index (Phi) is 11.5. The molecule has 2 bridgehead atoms. The molecule has 2 nitrogen and oxygen atoms in total. The van der Waals surface area contributed by atoms with Crippen LogP contribution in [0.5, 0.6) is 0 Å². The van der Waals surface area contributed by atoms with Gasteiger partial charge in [-0.25, -0.2) is 0 Å². The molecular formula is C80H66N2. The molecule has 82 heavy (non-hydrogen) atoms. The first kappa shape index (κ1) is 48.9.